The van der Waals surface area contributed by atoms with Crippen LogP contribution in [-0.2, 0) is 23.8 Å². The van der Waals surface area contributed by atoms with E-state index in [0.717, 1.165) is 12.2 Å². The number of amides is 2. The summed E-state index contributed by atoms with van der Waals surface area (Å²) >= 11 is 0. The third-order valence-electron chi connectivity index (χ3n) is 10.0. The maximum absolute atomic E-state index is 13.2. The number of hydrogen-bond acceptors (Lipinski definition) is 17. The second kappa shape index (κ2) is 26.8. The van der Waals surface area contributed by atoms with Gasteiger partial charge >= 0.3 is 42.0 Å². The van der Waals surface area contributed by atoms with Crippen LogP contribution in [-0.4, -0.2) is 117 Å². The fourth-order valence-electron chi connectivity index (χ4n) is 6.31. The zero-order valence-corrected chi connectivity index (χ0v) is 38.7. The topological polar surface area (TPSA) is 226 Å². The van der Waals surface area contributed by atoms with Crippen molar-refractivity contribution >= 4 is 47.8 Å². The van der Waals surface area contributed by atoms with Gasteiger partial charge in [-0.05, 0) is 124 Å². The number of rotatable bonds is 23. The lowest BCUT2D eigenvalue weighted by atomic mass is 10.1. The summed E-state index contributed by atoms with van der Waals surface area (Å²) in [6, 6.07) is 20.2. The summed E-state index contributed by atoms with van der Waals surface area (Å²) in [7, 11) is 0. The number of hydrogen-bond donors (Lipinski definition) is 0. The maximum Gasteiger partial charge on any atom is 0.415 e. The zero-order valence-electron chi connectivity index (χ0n) is 38.7. The minimum absolute atomic E-state index is 0.00483. The molecule has 5 rings (SSSR count). The third-order valence-corrected chi connectivity index (χ3v) is 10.0. The fraction of sp³-hybridized carbons (Fsp3) is 0.294. The van der Waals surface area contributed by atoms with Gasteiger partial charge in [0.05, 0.1) is 49.7 Å². The van der Waals surface area contributed by atoms with Gasteiger partial charge in [0.1, 0.15) is 40.1 Å². The molecule has 1 saturated heterocycles. The van der Waals surface area contributed by atoms with Crippen molar-refractivity contribution in [1.82, 2.24) is 9.80 Å². The lowest BCUT2D eigenvalue weighted by molar-refractivity contribution is -0.138. The third kappa shape index (κ3) is 16.1. The highest BCUT2D eigenvalue weighted by Crippen LogP contribution is 2.29. The first kappa shape index (κ1) is 52.5. The Morgan fingerprint density at radius 2 is 0.871 bits per heavy atom. The van der Waals surface area contributed by atoms with Gasteiger partial charge in [0.25, 0.3) is 0 Å². The van der Waals surface area contributed by atoms with Crippen LogP contribution in [0.2, 0.25) is 0 Å². The first-order valence-electron chi connectivity index (χ1n) is 22.2. The normalized spacial score (nSPS) is 11.8. The van der Waals surface area contributed by atoms with E-state index >= 15 is 0 Å². The van der Waals surface area contributed by atoms with Gasteiger partial charge in [-0.15, -0.1) is 0 Å². The molecule has 0 saturated carbocycles. The number of nitrogens with zero attached hydrogens (tertiary/aromatic N) is 2. The molecule has 0 atom stereocenters. The van der Waals surface area contributed by atoms with E-state index in [1.807, 2.05) is 0 Å². The quantitative estimate of drug-likeness (QED) is 0.0174. The molecule has 4 aromatic rings. The van der Waals surface area contributed by atoms with Crippen LogP contribution >= 0.6 is 0 Å². The van der Waals surface area contributed by atoms with E-state index in [1.54, 1.807) is 31.2 Å². The van der Waals surface area contributed by atoms with Crippen LogP contribution in [0.25, 0.3) is 0 Å². The fourth-order valence-corrected chi connectivity index (χ4v) is 6.31. The Kier molecular flexibility index (Phi) is 20.1. The highest BCUT2D eigenvalue weighted by molar-refractivity contribution is 6.00. The molecule has 0 N–H and O–H groups in total. The number of carbonyl (C=O) groups excluding carboxylic acids is 8. The van der Waals surface area contributed by atoms with Gasteiger partial charge < -0.3 is 52.4 Å². The van der Waals surface area contributed by atoms with Gasteiger partial charge in [0.2, 0.25) is 0 Å². The van der Waals surface area contributed by atoms with Gasteiger partial charge in [0.15, 0.2) is 5.78 Å². The minimum atomic E-state index is -0.825. The van der Waals surface area contributed by atoms with E-state index in [0.29, 0.717) is 50.4 Å². The number of esters is 5. The van der Waals surface area contributed by atoms with Crippen molar-refractivity contribution in [3.8, 4) is 34.5 Å². The lowest BCUT2D eigenvalue weighted by Gasteiger charge is -2.33. The molecule has 1 aliphatic rings. The molecular weight excluding hydrogens is 913 g/mol. The Morgan fingerprint density at radius 1 is 0.486 bits per heavy atom. The molecule has 1 aliphatic heterocycles. The van der Waals surface area contributed by atoms with E-state index in [4.69, 9.17) is 42.6 Å². The molecule has 4 aromatic carbocycles. The summed E-state index contributed by atoms with van der Waals surface area (Å²) in [5, 5.41) is 0. The van der Waals surface area contributed by atoms with Crippen molar-refractivity contribution in [3.05, 3.63) is 132 Å². The molecule has 1 fully saturated rings. The number of ether oxygens (including phenoxy) is 9. The average molecular weight is 965 g/mol. The highest BCUT2D eigenvalue weighted by Gasteiger charge is 2.28. The number of Topliss-reactive ketones (excluding diaryl/α,β-unsaturated/α-hetero) is 1. The van der Waals surface area contributed by atoms with Gasteiger partial charge in [-0.2, -0.15) is 0 Å². The Bertz CT molecular complexity index is 2530. The van der Waals surface area contributed by atoms with Crippen LogP contribution < -0.4 is 28.4 Å². The van der Waals surface area contributed by atoms with Crippen molar-refractivity contribution < 1.29 is 81.0 Å². The maximum atomic E-state index is 13.2. The molecule has 0 bridgehead atoms. The molecule has 19 nitrogen and oxygen atoms in total. The SMILES string of the molecule is C=CC(=O)OCCCCOc1ccc(C(=O)Oc2ccc(OC(=O)N3CCN(C(=O)Oc4ccc(OC(=O)c5ccc(OCCCCOC(=O)C=C)cc5)c(C(=O)OCC)c4)CC3)cc2C(C)=O)cc1. The molecule has 70 heavy (non-hydrogen) atoms. The number of carbonyl (C=O) groups is 8. The van der Waals surface area contributed by atoms with Crippen molar-refractivity contribution in [1.29, 1.82) is 0 Å². The summed E-state index contributed by atoms with van der Waals surface area (Å²) in [5.41, 5.74) is 0.183. The first-order chi connectivity index (χ1) is 33.8. The summed E-state index contributed by atoms with van der Waals surface area (Å²) < 4.78 is 48.5. The second-order valence-electron chi connectivity index (χ2n) is 15.0. The summed E-state index contributed by atoms with van der Waals surface area (Å²) in [6.45, 7) is 11.0. The van der Waals surface area contributed by atoms with Gasteiger partial charge in [-0.1, -0.05) is 13.2 Å². The van der Waals surface area contributed by atoms with Crippen molar-refractivity contribution in [2.24, 2.45) is 0 Å². The Labute approximate surface area is 403 Å². The molecule has 0 radical (unpaired) electrons. The number of ketones is 1. The molecule has 0 aliphatic carbocycles. The number of unbranched alkanes of at least 4 members (excludes halogenated alkanes) is 2. The summed E-state index contributed by atoms with van der Waals surface area (Å²) in [4.78, 5) is 103. The van der Waals surface area contributed by atoms with E-state index in [-0.39, 0.29) is 91.3 Å². The van der Waals surface area contributed by atoms with Crippen molar-refractivity contribution in [3.63, 3.8) is 0 Å². The predicted molar refractivity (Wildman–Crippen MR) is 249 cm³/mol. The Morgan fingerprint density at radius 3 is 1.27 bits per heavy atom. The van der Waals surface area contributed by atoms with Gasteiger partial charge in [-0.3, -0.25) is 4.79 Å². The highest BCUT2D eigenvalue weighted by atomic mass is 16.6. The van der Waals surface area contributed by atoms with Crippen LogP contribution in [0.4, 0.5) is 9.59 Å². The minimum Gasteiger partial charge on any atom is -0.494 e. The Hall–Kier alpha value is -8.48. The van der Waals surface area contributed by atoms with Gasteiger partial charge in [0, 0.05) is 38.3 Å². The lowest BCUT2D eigenvalue weighted by Crippen LogP contribution is -2.52. The van der Waals surface area contributed by atoms with Crippen LogP contribution in [0.1, 0.15) is 81.0 Å². The van der Waals surface area contributed by atoms with Crippen LogP contribution in [0.15, 0.2) is 110 Å². The van der Waals surface area contributed by atoms with E-state index in [9.17, 15) is 38.4 Å². The molecular formula is C51H52N2O17. The summed E-state index contributed by atoms with van der Waals surface area (Å²) in [6.07, 6.45) is 3.10. The van der Waals surface area contributed by atoms with Gasteiger partial charge in [-0.25, -0.2) is 33.6 Å². The molecule has 19 heteroatoms. The van der Waals surface area contributed by atoms with Crippen molar-refractivity contribution in [2.45, 2.75) is 39.5 Å². The first-order valence-corrected chi connectivity index (χ1v) is 22.2. The van der Waals surface area contributed by atoms with Crippen LogP contribution in [0.3, 0.4) is 0 Å². The molecule has 368 valence electrons. The smallest absolute Gasteiger partial charge is 0.415 e. The average Bonchev–Trinajstić information content (AvgIpc) is 3.36. The largest absolute Gasteiger partial charge is 0.494 e. The van der Waals surface area contributed by atoms with Crippen molar-refractivity contribution in [2.75, 3.05) is 59.2 Å². The van der Waals surface area contributed by atoms with E-state index < -0.39 is 47.8 Å². The molecule has 0 unspecified atom stereocenters. The van der Waals surface area contributed by atoms with E-state index in [2.05, 4.69) is 13.2 Å². The Balaban J connectivity index is 1.09. The molecule has 0 spiro atoms. The standard InChI is InChI=1S/C51H52N2O17/c1-5-45(55)65-30-10-8-28-63-37-16-12-35(13-17-37)47(57)69-43-22-20-39(32-41(43)34(4)54)67-50(60)52-24-26-53(27-25-52)51(61)68-40-21-23-44(42(33-40)49(59)62-7-3)70-48(58)36-14-18-38(19-15-36)64-29-9-11-31-66-46(56)6-2/h5-6,12-23,32-33H,1-2,7-11,24-31H2,3-4H3. The summed E-state index contributed by atoms with van der Waals surface area (Å²) in [5.74, 6) is -2.97. The molecule has 2 amide bonds. The number of piperazine rings is 1. The van der Waals surface area contributed by atoms with Crippen LogP contribution in [0, 0.1) is 0 Å². The monoisotopic (exact) mass is 964 g/mol. The number of benzene rings is 4. The molecule has 0 aromatic heterocycles. The van der Waals surface area contributed by atoms with E-state index in [1.165, 1.54) is 77.4 Å². The molecule has 1 heterocycles. The second-order valence-corrected chi connectivity index (χ2v) is 15.0. The van der Waals surface area contributed by atoms with Crippen LogP contribution in [0.5, 0.6) is 34.5 Å². The zero-order chi connectivity index (χ0) is 50.4. The predicted octanol–water partition coefficient (Wildman–Crippen LogP) is 7.60.